The number of hydrogen-bond acceptors (Lipinski definition) is 6. The van der Waals surface area contributed by atoms with E-state index < -0.39 is 0 Å². The summed E-state index contributed by atoms with van der Waals surface area (Å²) in [5.41, 5.74) is 1.82. The SMILES string of the molecule is CNC(c1ccccc1)c1nnc(-c2ccnnc2)o1. The van der Waals surface area contributed by atoms with E-state index in [1.165, 1.54) is 0 Å². The third-order valence-electron chi connectivity index (χ3n) is 2.94. The predicted molar refractivity (Wildman–Crippen MR) is 72.7 cm³/mol. The fraction of sp³-hybridized carbons (Fsp3) is 0.143. The molecule has 1 aromatic carbocycles. The second-order valence-electron chi connectivity index (χ2n) is 4.21. The van der Waals surface area contributed by atoms with Crippen molar-refractivity contribution in [3.63, 3.8) is 0 Å². The fourth-order valence-electron chi connectivity index (χ4n) is 1.96. The molecule has 20 heavy (non-hydrogen) atoms. The maximum absolute atomic E-state index is 5.72. The van der Waals surface area contributed by atoms with Gasteiger partial charge < -0.3 is 9.73 Å². The summed E-state index contributed by atoms with van der Waals surface area (Å²) in [7, 11) is 1.86. The standard InChI is InChI=1S/C14H13N5O/c1-15-12(10-5-3-2-4-6-10)14-19-18-13(20-14)11-7-8-16-17-9-11/h2-9,12,15H,1H3. The molecule has 0 aliphatic heterocycles. The third-order valence-corrected chi connectivity index (χ3v) is 2.94. The first-order valence-electron chi connectivity index (χ1n) is 6.21. The van der Waals surface area contributed by atoms with Crippen LogP contribution in [-0.4, -0.2) is 27.4 Å². The van der Waals surface area contributed by atoms with Crippen LogP contribution in [0.25, 0.3) is 11.5 Å². The highest BCUT2D eigenvalue weighted by molar-refractivity contribution is 5.49. The van der Waals surface area contributed by atoms with Crippen molar-refractivity contribution in [1.29, 1.82) is 0 Å². The molecule has 2 heterocycles. The lowest BCUT2D eigenvalue weighted by molar-refractivity contribution is 0.456. The van der Waals surface area contributed by atoms with Crippen molar-refractivity contribution in [2.24, 2.45) is 0 Å². The van der Waals surface area contributed by atoms with Crippen LogP contribution in [0.1, 0.15) is 17.5 Å². The van der Waals surface area contributed by atoms with Crippen LogP contribution in [0.3, 0.4) is 0 Å². The largest absolute Gasteiger partial charge is 0.419 e. The molecule has 6 heteroatoms. The van der Waals surface area contributed by atoms with Crippen molar-refractivity contribution in [3.8, 4) is 11.5 Å². The van der Waals surface area contributed by atoms with Crippen LogP contribution >= 0.6 is 0 Å². The molecule has 0 saturated carbocycles. The van der Waals surface area contributed by atoms with E-state index in [1.54, 1.807) is 18.5 Å². The highest BCUT2D eigenvalue weighted by Crippen LogP contribution is 2.23. The Bertz CT molecular complexity index is 668. The van der Waals surface area contributed by atoms with Crippen LogP contribution in [0, 0.1) is 0 Å². The molecule has 0 fully saturated rings. The van der Waals surface area contributed by atoms with Crippen molar-refractivity contribution in [3.05, 3.63) is 60.2 Å². The lowest BCUT2D eigenvalue weighted by Gasteiger charge is -2.11. The molecule has 3 rings (SSSR count). The van der Waals surface area contributed by atoms with E-state index in [0.717, 1.165) is 11.1 Å². The van der Waals surface area contributed by atoms with Crippen LogP contribution in [0.5, 0.6) is 0 Å². The number of nitrogens with one attached hydrogen (secondary N) is 1. The Labute approximate surface area is 115 Å². The smallest absolute Gasteiger partial charge is 0.249 e. The van der Waals surface area contributed by atoms with Gasteiger partial charge in [0.25, 0.3) is 0 Å². The second kappa shape index (κ2) is 5.58. The fourth-order valence-corrected chi connectivity index (χ4v) is 1.96. The summed E-state index contributed by atoms with van der Waals surface area (Å²) < 4.78 is 5.72. The van der Waals surface area contributed by atoms with Gasteiger partial charge in [-0.25, -0.2) is 0 Å². The molecule has 1 N–H and O–H groups in total. The van der Waals surface area contributed by atoms with Crippen molar-refractivity contribution in [1.82, 2.24) is 25.7 Å². The van der Waals surface area contributed by atoms with Gasteiger partial charge in [0.15, 0.2) is 0 Å². The Balaban J connectivity index is 1.93. The Morgan fingerprint density at radius 2 is 1.90 bits per heavy atom. The summed E-state index contributed by atoms with van der Waals surface area (Å²) in [6, 6.07) is 11.6. The molecular weight excluding hydrogens is 254 g/mol. The minimum Gasteiger partial charge on any atom is -0.419 e. The second-order valence-corrected chi connectivity index (χ2v) is 4.21. The molecule has 0 amide bonds. The monoisotopic (exact) mass is 267 g/mol. The van der Waals surface area contributed by atoms with Gasteiger partial charge in [-0.1, -0.05) is 30.3 Å². The van der Waals surface area contributed by atoms with E-state index in [1.807, 2.05) is 37.4 Å². The molecule has 0 radical (unpaired) electrons. The Morgan fingerprint density at radius 1 is 1.05 bits per heavy atom. The minimum atomic E-state index is -0.132. The van der Waals surface area contributed by atoms with Gasteiger partial charge in [-0.15, -0.1) is 10.2 Å². The number of aromatic nitrogens is 4. The van der Waals surface area contributed by atoms with Gasteiger partial charge in [-0.05, 0) is 18.7 Å². The summed E-state index contributed by atoms with van der Waals surface area (Å²) in [4.78, 5) is 0. The third kappa shape index (κ3) is 2.41. The van der Waals surface area contributed by atoms with E-state index in [9.17, 15) is 0 Å². The number of nitrogens with zero attached hydrogens (tertiary/aromatic N) is 4. The van der Waals surface area contributed by atoms with Gasteiger partial charge in [0, 0.05) is 0 Å². The molecule has 2 aromatic heterocycles. The Hall–Kier alpha value is -2.60. The van der Waals surface area contributed by atoms with Crippen LogP contribution in [0.4, 0.5) is 0 Å². The van der Waals surface area contributed by atoms with Crippen molar-refractivity contribution >= 4 is 0 Å². The summed E-state index contributed by atoms with van der Waals surface area (Å²) >= 11 is 0. The zero-order chi connectivity index (χ0) is 13.8. The topological polar surface area (TPSA) is 76.7 Å². The van der Waals surface area contributed by atoms with Crippen LogP contribution in [0.2, 0.25) is 0 Å². The number of benzene rings is 1. The average molecular weight is 267 g/mol. The zero-order valence-electron chi connectivity index (χ0n) is 10.9. The van der Waals surface area contributed by atoms with Gasteiger partial charge in [-0.3, -0.25) is 0 Å². The molecular formula is C14H13N5O. The summed E-state index contributed by atoms with van der Waals surface area (Å²) in [6.07, 6.45) is 3.18. The zero-order valence-corrected chi connectivity index (χ0v) is 10.9. The van der Waals surface area contributed by atoms with E-state index in [0.29, 0.717) is 11.8 Å². The van der Waals surface area contributed by atoms with Gasteiger partial charge in [0.05, 0.1) is 18.0 Å². The molecule has 1 atom stereocenters. The van der Waals surface area contributed by atoms with Gasteiger partial charge >= 0.3 is 0 Å². The predicted octanol–water partition coefficient (Wildman–Crippen LogP) is 1.84. The molecule has 6 nitrogen and oxygen atoms in total. The van der Waals surface area contributed by atoms with E-state index >= 15 is 0 Å². The normalized spacial score (nSPS) is 12.2. The number of hydrogen-bond donors (Lipinski definition) is 1. The van der Waals surface area contributed by atoms with Crippen LogP contribution < -0.4 is 5.32 Å². The van der Waals surface area contributed by atoms with Crippen molar-refractivity contribution in [2.75, 3.05) is 7.05 Å². The molecule has 0 aliphatic rings. The van der Waals surface area contributed by atoms with Crippen LogP contribution in [-0.2, 0) is 0 Å². The Kier molecular flexibility index (Phi) is 3.47. The molecule has 100 valence electrons. The van der Waals surface area contributed by atoms with E-state index in [2.05, 4.69) is 25.7 Å². The summed E-state index contributed by atoms with van der Waals surface area (Å²) in [6.45, 7) is 0. The lowest BCUT2D eigenvalue weighted by atomic mass is 10.1. The Morgan fingerprint density at radius 3 is 2.60 bits per heavy atom. The van der Waals surface area contributed by atoms with E-state index in [4.69, 9.17) is 4.42 Å². The highest BCUT2D eigenvalue weighted by Gasteiger charge is 2.19. The van der Waals surface area contributed by atoms with Gasteiger partial charge in [0.1, 0.15) is 6.04 Å². The maximum atomic E-state index is 5.72. The first-order valence-corrected chi connectivity index (χ1v) is 6.21. The molecule has 1 unspecified atom stereocenters. The average Bonchev–Trinajstić information content (AvgIpc) is 3.00. The highest BCUT2D eigenvalue weighted by atomic mass is 16.4. The van der Waals surface area contributed by atoms with E-state index in [-0.39, 0.29) is 6.04 Å². The quantitative estimate of drug-likeness (QED) is 0.777. The van der Waals surface area contributed by atoms with Crippen molar-refractivity contribution in [2.45, 2.75) is 6.04 Å². The molecule has 0 saturated heterocycles. The molecule has 0 aliphatic carbocycles. The summed E-state index contributed by atoms with van der Waals surface area (Å²) in [5.74, 6) is 0.955. The minimum absolute atomic E-state index is 0.132. The van der Waals surface area contributed by atoms with Gasteiger partial charge in [-0.2, -0.15) is 10.2 Å². The first kappa shape index (κ1) is 12.4. The lowest BCUT2D eigenvalue weighted by Crippen LogP contribution is -2.17. The molecule has 0 bridgehead atoms. The van der Waals surface area contributed by atoms with Gasteiger partial charge in [0.2, 0.25) is 11.8 Å². The van der Waals surface area contributed by atoms with Crippen LogP contribution in [0.15, 0.2) is 53.2 Å². The molecule has 0 spiro atoms. The van der Waals surface area contributed by atoms with Crippen molar-refractivity contribution < 1.29 is 4.42 Å². The maximum Gasteiger partial charge on any atom is 0.249 e. The number of rotatable bonds is 4. The molecule has 3 aromatic rings. The first-order chi connectivity index (χ1) is 9.88. The summed E-state index contributed by atoms with van der Waals surface area (Å²) in [5, 5.41) is 18.9.